The van der Waals surface area contributed by atoms with E-state index in [2.05, 4.69) is 29.1 Å². The third-order valence-corrected chi connectivity index (χ3v) is 4.51. The van der Waals surface area contributed by atoms with Crippen molar-refractivity contribution < 1.29 is 0 Å². The lowest BCUT2D eigenvalue weighted by molar-refractivity contribution is 0.244. The van der Waals surface area contributed by atoms with Crippen LogP contribution in [0.15, 0.2) is 54.9 Å². The Morgan fingerprint density at radius 3 is 2.54 bits per heavy atom. The van der Waals surface area contributed by atoms with Gasteiger partial charge in [-0.1, -0.05) is 41.9 Å². The van der Waals surface area contributed by atoms with Crippen LogP contribution in [0.25, 0.3) is 5.69 Å². The first-order valence-electron chi connectivity index (χ1n) is 7.68. The lowest BCUT2D eigenvalue weighted by atomic mass is 10.2. The Labute approximate surface area is 151 Å². The number of nitrogens with zero attached hydrogens (tertiary/aromatic N) is 4. The summed E-state index contributed by atoms with van der Waals surface area (Å²) in [5, 5.41) is 5.19. The van der Waals surface area contributed by atoms with Crippen LogP contribution >= 0.6 is 23.8 Å². The van der Waals surface area contributed by atoms with Gasteiger partial charge in [-0.25, -0.2) is 4.68 Å². The predicted octanol–water partition coefficient (Wildman–Crippen LogP) is 4.45. The summed E-state index contributed by atoms with van der Waals surface area (Å²) in [7, 11) is 2.04. The normalized spacial score (nSPS) is 11.2. The van der Waals surface area contributed by atoms with Crippen molar-refractivity contribution >= 4 is 23.8 Å². The molecule has 0 bridgehead atoms. The van der Waals surface area contributed by atoms with E-state index < -0.39 is 0 Å². The van der Waals surface area contributed by atoms with Crippen LogP contribution < -0.4 is 0 Å². The Kier molecular flexibility index (Phi) is 5.14. The van der Waals surface area contributed by atoms with Gasteiger partial charge in [-0.05, 0) is 55.5 Å². The molecular weight excluding hydrogens is 340 g/mol. The Hall–Kier alpha value is -1.95. The molecule has 0 spiro atoms. The summed E-state index contributed by atoms with van der Waals surface area (Å²) in [4.78, 5) is 2.16. The van der Waals surface area contributed by atoms with Gasteiger partial charge < -0.3 is 0 Å². The zero-order valence-corrected chi connectivity index (χ0v) is 15.3. The zero-order chi connectivity index (χ0) is 17.1. The average molecular weight is 359 g/mol. The zero-order valence-electron chi connectivity index (χ0n) is 13.7. The number of aromatic nitrogens is 3. The van der Waals surface area contributed by atoms with Crippen molar-refractivity contribution in [1.82, 2.24) is 19.2 Å². The van der Waals surface area contributed by atoms with Crippen LogP contribution in [0.3, 0.4) is 0 Å². The molecule has 0 saturated carbocycles. The lowest BCUT2D eigenvalue weighted by Gasteiger charge is -2.16. The molecular formula is C18H19ClN4S. The molecule has 0 aliphatic heterocycles. The summed E-state index contributed by atoms with van der Waals surface area (Å²) >= 11 is 11.5. The summed E-state index contributed by atoms with van der Waals surface area (Å²) in [6.45, 7) is 3.50. The third kappa shape index (κ3) is 3.75. The summed E-state index contributed by atoms with van der Waals surface area (Å²) in [5.74, 6) is 0. The molecule has 4 nitrogen and oxygen atoms in total. The fourth-order valence-electron chi connectivity index (χ4n) is 2.61. The van der Waals surface area contributed by atoms with Crippen molar-refractivity contribution in [3.8, 4) is 5.69 Å². The Balaban J connectivity index is 1.75. The van der Waals surface area contributed by atoms with Gasteiger partial charge in [0, 0.05) is 11.6 Å². The Morgan fingerprint density at radius 2 is 1.83 bits per heavy atom. The van der Waals surface area contributed by atoms with Gasteiger partial charge in [0.2, 0.25) is 4.77 Å². The fourth-order valence-corrected chi connectivity index (χ4v) is 2.99. The van der Waals surface area contributed by atoms with E-state index >= 15 is 0 Å². The predicted molar refractivity (Wildman–Crippen MR) is 100 cm³/mol. The molecule has 3 aromatic rings. The summed E-state index contributed by atoms with van der Waals surface area (Å²) in [5.41, 5.74) is 3.43. The topological polar surface area (TPSA) is 26.0 Å². The van der Waals surface area contributed by atoms with Crippen molar-refractivity contribution in [2.45, 2.75) is 20.1 Å². The molecule has 124 valence electrons. The molecule has 6 heteroatoms. The molecule has 0 atom stereocenters. The van der Waals surface area contributed by atoms with Gasteiger partial charge in [-0.3, -0.25) is 9.47 Å². The highest BCUT2D eigenvalue weighted by Gasteiger charge is 2.08. The number of aryl methyl sites for hydroxylation is 1. The molecule has 0 radical (unpaired) electrons. The van der Waals surface area contributed by atoms with E-state index in [1.807, 2.05) is 52.7 Å². The third-order valence-electron chi connectivity index (χ3n) is 3.85. The van der Waals surface area contributed by atoms with Crippen molar-refractivity contribution in [2.24, 2.45) is 0 Å². The van der Waals surface area contributed by atoms with Crippen molar-refractivity contribution in [3.63, 3.8) is 0 Å². The molecule has 3 rings (SSSR count). The summed E-state index contributed by atoms with van der Waals surface area (Å²) in [6, 6.07) is 16.0. The van der Waals surface area contributed by atoms with Gasteiger partial charge in [-0.15, -0.1) is 0 Å². The van der Waals surface area contributed by atoms with E-state index in [1.165, 1.54) is 11.1 Å². The number of para-hydroxylation sites is 1. The maximum Gasteiger partial charge on any atom is 0.203 e. The van der Waals surface area contributed by atoms with Crippen LogP contribution in [0.4, 0.5) is 0 Å². The molecule has 2 aromatic carbocycles. The summed E-state index contributed by atoms with van der Waals surface area (Å²) in [6.07, 6.45) is 1.78. The van der Waals surface area contributed by atoms with Crippen molar-refractivity contribution in [3.05, 3.63) is 75.8 Å². The molecule has 0 unspecified atom stereocenters. The molecule has 0 fully saturated rings. The molecule has 0 aliphatic carbocycles. The highest BCUT2D eigenvalue weighted by atomic mass is 35.5. The second-order valence-corrected chi connectivity index (χ2v) is 6.65. The fraction of sp³-hybridized carbons (Fsp3) is 0.222. The first kappa shape index (κ1) is 16.9. The molecule has 0 aliphatic rings. The second kappa shape index (κ2) is 7.30. The van der Waals surface area contributed by atoms with Gasteiger partial charge in [-0.2, -0.15) is 5.10 Å². The minimum Gasteiger partial charge on any atom is -0.283 e. The van der Waals surface area contributed by atoms with E-state index in [-0.39, 0.29) is 0 Å². The van der Waals surface area contributed by atoms with Crippen LogP contribution in [0, 0.1) is 11.7 Å². The Morgan fingerprint density at radius 1 is 1.12 bits per heavy atom. The van der Waals surface area contributed by atoms with Gasteiger partial charge in [0.15, 0.2) is 0 Å². The minimum atomic E-state index is 0.625. The van der Waals surface area contributed by atoms with E-state index in [4.69, 9.17) is 23.8 Å². The SMILES string of the molecule is Cc1ccccc1-n1cnn(CN(C)Cc2ccc(Cl)cc2)c1=S. The van der Waals surface area contributed by atoms with Crippen LogP contribution in [0.1, 0.15) is 11.1 Å². The highest BCUT2D eigenvalue weighted by molar-refractivity contribution is 7.71. The molecule has 0 saturated heterocycles. The van der Waals surface area contributed by atoms with Gasteiger partial charge in [0.1, 0.15) is 6.33 Å². The van der Waals surface area contributed by atoms with Gasteiger partial charge in [0.25, 0.3) is 0 Å². The standard InChI is InChI=1S/C18H19ClN4S/c1-14-5-3-4-6-17(14)22-12-20-23(18(22)24)13-21(2)11-15-7-9-16(19)10-8-15/h3-10,12H,11,13H2,1-2H3. The number of hydrogen-bond acceptors (Lipinski definition) is 3. The minimum absolute atomic E-state index is 0.625. The van der Waals surface area contributed by atoms with Crippen molar-refractivity contribution in [2.75, 3.05) is 7.05 Å². The van der Waals surface area contributed by atoms with Crippen LogP contribution in [-0.2, 0) is 13.2 Å². The number of halogens is 1. The Bertz CT molecular complexity index is 883. The number of benzene rings is 2. The largest absolute Gasteiger partial charge is 0.283 e. The quantitative estimate of drug-likeness (QED) is 0.630. The van der Waals surface area contributed by atoms with Crippen LogP contribution in [-0.4, -0.2) is 26.3 Å². The molecule has 1 aromatic heterocycles. The summed E-state index contributed by atoms with van der Waals surface area (Å²) < 4.78 is 4.46. The molecule has 0 N–H and O–H groups in total. The monoisotopic (exact) mass is 358 g/mol. The van der Waals surface area contributed by atoms with E-state index in [0.29, 0.717) is 11.4 Å². The van der Waals surface area contributed by atoms with Gasteiger partial charge >= 0.3 is 0 Å². The second-order valence-electron chi connectivity index (χ2n) is 5.85. The lowest BCUT2D eigenvalue weighted by Crippen LogP contribution is -2.22. The maximum absolute atomic E-state index is 5.93. The van der Waals surface area contributed by atoms with Crippen LogP contribution in [0.2, 0.25) is 5.02 Å². The first-order chi connectivity index (χ1) is 11.5. The molecule has 1 heterocycles. The van der Waals surface area contributed by atoms with Crippen molar-refractivity contribution in [1.29, 1.82) is 0 Å². The first-order valence-corrected chi connectivity index (χ1v) is 8.46. The van der Waals surface area contributed by atoms with Crippen LogP contribution in [0.5, 0.6) is 0 Å². The van der Waals surface area contributed by atoms with E-state index in [1.54, 1.807) is 6.33 Å². The average Bonchev–Trinajstić information content (AvgIpc) is 2.91. The van der Waals surface area contributed by atoms with E-state index in [9.17, 15) is 0 Å². The highest BCUT2D eigenvalue weighted by Crippen LogP contribution is 2.14. The molecule has 0 amide bonds. The van der Waals surface area contributed by atoms with Gasteiger partial charge in [0.05, 0.1) is 12.4 Å². The van der Waals surface area contributed by atoms with E-state index in [0.717, 1.165) is 17.3 Å². The smallest absolute Gasteiger partial charge is 0.203 e. The number of rotatable bonds is 5. The number of hydrogen-bond donors (Lipinski definition) is 0. The molecule has 24 heavy (non-hydrogen) atoms. The maximum atomic E-state index is 5.93.